The van der Waals surface area contributed by atoms with E-state index in [4.69, 9.17) is 28.2 Å². The highest BCUT2D eigenvalue weighted by Gasteiger charge is 2.20. The average molecular weight is 385 g/mol. The first-order chi connectivity index (χ1) is 13.7. The molecule has 0 aliphatic heterocycles. The van der Waals surface area contributed by atoms with E-state index >= 15 is 0 Å². The van der Waals surface area contributed by atoms with E-state index in [9.17, 15) is 4.79 Å². The quantitative estimate of drug-likeness (QED) is 0.544. The molecule has 8 nitrogen and oxygen atoms in total. The van der Waals surface area contributed by atoms with Crippen molar-refractivity contribution in [1.82, 2.24) is 5.16 Å². The van der Waals surface area contributed by atoms with Crippen molar-refractivity contribution in [3.63, 3.8) is 0 Å². The molecule has 0 radical (unpaired) electrons. The van der Waals surface area contributed by atoms with Crippen molar-refractivity contribution >= 4 is 6.47 Å². The van der Waals surface area contributed by atoms with Crippen LogP contribution in [-0.2, 0) is 4.79 Å². The van der Waals surface area contributed by atoms with Crippen LogP contribution in [0.3, 0.4) is 0 Å². The van der Waals surface area contributed by atoms with Crippen LogP contribution in [0.1, 0.15) is 0 Å². The molecule has 0 bridgehead atoms. The Balaban J connectivity index is 2.13. The second kappa shape index (κ2) is 8.34. The number of carbonyl (C=O) groups excluding carboxylic acids is 1. The summed E-state index contributed by atoms with van der Waals surface area (Å²) in [5, 5.41) is 3.92. The normalized spacial score (nSPS) is 10.3. The summed E-state index contributed by atoms with van der Waals surface area (Å²) in [4.78, 5) is 10.8. The minimum atomic E-state index is 0.284. The lowest BCUT2D eigenvalue weighted by Crippen LogP contribution is -1.96. The summed E-state index contributed by atoms with van der Waals surface area (Å²) in [6.45, 7) is 0.343. The summed E-state index contributed by atoms with van der Waals surface area (Å²) in [6.07, 6.45) is 1.57. The molecule has 3 rings (SSSR count). The lowest BCUT2D eigenvalue weighted by atomic mass is 10.0. The molecule has 0 N–H and O–H groups in total. The third kappa shape index (κ3) is 3.44. The molecule has 0 spiro atoms. The largest absolute Gasteiger partial charge is 0.493 e. The van der Waals surface area contributed by atoms with Crippen molar-refractivity contribution in [2.24, 2.45) is 0 Å². The molecule has 0 saturated carbocycles. The van der Waals surface area contributed by atoms with E-state index in [2.05, 4.69) is 5.16 Å². The van der Waals surface area contributed by atoms with E-state index in [0.717, 1.165) is 5.56 Å². The Morgan fingerprint density at radius 3 is 2.04 bits per heavy atom. The van der Waals surface area contributed by atoms with Gasteiger partial charge in [-0.05, 0) is 29.8 Å². The highest BCUT2D eigenvalue weighted by molar-refractivity contribution is 5.82. The van der Waals surface area contributed by atoms with Gasteiger partial charge in [-0.3, -0.25) is 4.79 Å². The van der Waals surface area contributed by atoms with Gasteiger partial charge in [0.2, 0.25) is 5.75 Å². The summed E-state index contributed by atoms with van der Waals surface area (Å²) in [5.41, 5.74) is 2.09. The maximum absolute atomic E-state index is 10.8. The Morgan fingerprint density at radius 2 is 1.46 bits per heavy atom. The maximum Gasteiger partial charge on any atom is 0.298 e. The zero-order valence-corrected chi connectivity index (χ0v) is 15.8. The van der Waals surface area contributed by atoms with Gasteiger partial charge in [0.15, 0.2) is 28.8 Å². The Bertz CT molecular complexity index is 955. The van der Waals surface area contributed by atoms with E-state index < -0.39 is 0 Å². The molecule has 0 amide bonds. The second-order valence-corrected chi connectivity index (χ2v) is 5.56. The predicted molar refractivity (Wildman–Crippen MR) is 100 cm³/mol. The van der Waals surface area contributed by atoms with Crippen LogP contribution in [-0.4, -0.2) is 40.1 Å². The van der Waals surface area contributed by atoms with E-state index in [0.29, 0.717) is 46.4 Å². The fraction of sp³-hybridized carbons (Fsp3) is 0.200. The number of ether oxygens (including phenoxy) is 5. The minimum absolute atomic E-state index is 0.284. The molecule has 0 unspecified atom stereocenters. The Labute approximate surface area is 161 Å². The summed E-state index contributed by atoms with van der Waals surface area (Å²) < 4.78 is 31.9. The van der Waals surface area contributed by atoms with Gasteiger partial charge < -0.3 is 28.2 Å². The monoisotopic (exact) mass is 385 g/mol. The maximum atomic E-state index is 10.8. The van der Waals surface area contributed by atoms with Crippen LogP contribution in [0.2, 0.25) is 0 Å². The number of methoxy groups -OCH3 is 4. The van der Waals surface area contributed by atoms with Gasteiger partial charge in [0.1, 0.15) is 0 Å². The minimum Gasteiger partial charge on any atom is -0.493 e. The number of carbonyl (C=O) groups is 1. The van der Waals surface area contributed by atoms with Gasteiger partial charge in [0, 0.05) is 11.1 Å². The molecule has 0 atom stereocenters. The molecule has 2 aromatic carbocycles. The molecule has 0 aliphatic carbocycles. The molecule has 8 heteroatoms. The smallest absolute Gasteiger partial charge is 0.298 e. The third-order valence-corrected chi connectivity index (χ3v) is 4.15. The van der Waals surface area contributed by atoms with Gasteiger partial charge in [0.25, 0.3) is 6.47 Å². The van der Waals surface area contributed by atoms with E-state index in [-0.39, 0.29) is 5.75 Å². The molecule has 1 heterocycles. The predicted octanol–water partition coefficient (Wildman–Crippen LogP) is 3.58. The van der Waals surface area contributed by atoms with Crippen LogP contribution >= 0.6 is 0 Å². The lowest BCUT2D eigenvalue weighted by Gasteiger charge is -2.14. The number of benzene rings is 2. The van der Waals surface area contributed by atoms with Crippen LogP contribution in [0, 0.1) is 0 Å². The summed E-state index contributed by atoms with van der Waals surface area (Å²) >= 11 is 0. The molecule has 28 heavy (non-hydrogen) atoms. The lowest BCUT2D eigenvalue weighted by molar-refractivity contribution is -0.120. The van der Waals surface area contributed by atoms with Crippen LogP contribution in [0.15, 0.2) is 41.1 Å². The zero-order valence-electron chi connectivity index (χ0n) is 15.8. The molecule has 0 saturated heterocycles. The van der Waals surface area contributed by atoms with E-state index in [1.807, 2.05) is 6.07 Å². The third-order valence-electron chi connectivity index (χ3n) is 4.15. The zero-order chi connectivity index (χ0) is 20.1. The van der Waals surface area contributed by atoms with Crippen molar-refractivity contribution in [3.05, 3.63) is 36.5 Å². The fourth-order valence-electron chi connectivity index (χ4n) is 2.85. The number of rotatable bonds is 8. The SMILES string of the molecule is COc1ccc(-c2cnoc2-c2cc(OC)c(OC)c(OC)c2)cc1OC=O. The standard InChI is InChI=1S/C20H19NO7/c1-23-15-6-5-12(7-16(15)27-11-22)14-10-21-28-19(14)13-8-17(24-2)20(26-4)18(9-13)25-3/h5-11H,1-4H3. The Morgan fingerprint density at radius 1 is 0.821 bits per heavy atom. The van der Waals surface area contributed by atoms with Crippen LogP contribution in [0.4, 0.5) is 0 Å². The molecule has 146 valence electrons. The Hall–Kier alpha value is -3.68. The number of nitrogens with zero attached hydrogens (tertiary/aromatic N) is 1. The van der Waals surface area contributed by atoms with Crippen LogP contribution < -0.4 is 23.7 Å². The van der Waals surface area contributed by atoms with E-state index in [1.54, 1.807) is 30.5 Å². The first-order valence-corrected chi connectivity index (χ1v) is 8.20. The fourth-order valence-corrected chi connectivity index (χ4v) is 2.85. The molecule has 0 aliphatic rings. The molecule has 0 fully saturated rings. The van der Waals surface area contributed by atoms with Crippen LogP contribution in [0.25, 0.3) is 22.5 Å². The van der Waals surface area contributed by atoms with Gasteiger partial charge in [-0.2, -0.15) is 0 Å². The molecule has 1 aromatic heterocycles. The number of hydrogen-bond donors (Lipinski definition) is 0. The van der Waals surface area contributed by atoms with Crippen molar-refractivity contribution < 1.29 is 33.0 Å². The highest BCUT2D eigenvalue weighted by Crippen LogP contribution is 2.44. The Kier molecular flexibility index (Phi) is 5.69. The molecule has 3 aromatic rings. The summed E-state index contributed by atoms with van der Waals surface area (Å²) in [5.74, 6) is 2.65. The van der Waals surface area contributed by atoms with Gasteiger partial charge in [-0.1, -0.05) is 11.2 Å². The first-order valence-electron chi connectivity index (χ1n) is 8.20. The molecular formula is C20H19NO7. The van der Waals surface area contributed by atoms with Crippen molar-refractivity contribution in [2.45, 2.75) is 0 Å². The van der Waals surface area contributed by atoms with Gasteiger partial charge in [-0.25, -0.2) is 0 Å². The topological polar surface area (TPSA) is 89.3 Å². The summed E-state index contributed by atoms with van der Waals surface area (Å²) in [7, 11) is 6.10. The van der Waals surface area contributed by atoms with Crippen molar-refractivity contribution in [1.29, 1.82) is 0 Å². The summed E-state index contributed by atoms with van der Waals surface area (Å²) in [6, 6.07) is 8.70. The highest BCUT2D eigenvalue weighted by atomic mass is 16.5. The van der Waals surface area contributed by atoms with Crippen LogP contribution in [0.5, 0.6) is 28.7 Å². The van der Waals surface area contributed by atoms with Gasteiger partial charge in [0.05, 0.1) is 34.6 Å². The molecular weight excluding hydrogens is 366 g/mol. The number of hydrogen-bond acceptors (Lipinski definition) is 8. The van der Waals surface area contributed by atoms with Gasteiger partial charge >= 0.3 is 0 Å². The second-order valence-electron chi connectivity index (χ2n) is 5.56. The van der Waals surface area contributed by atoms with Crippen molar-refractivity contribution in [3.8, 4) is 51.2 Å². The van der Waals surface area contributed by atoms with Crippen molar-refractivity contribution in [2.75, 3.05) is 28.4 Å². The number of aromatic nitrogens is 1. The first kappa shape index (κ1) is 19.1. The average Bonchev–Trinajstić information content (AvgIpc) is 3.22. The van der Waals surface area contributed by atoms with Gasteiger partial charge in [-0.15, -0.1) is 0 Å². The van der Waals surface area contributed by atoms with E-state index in [1.165, 1.54) is 28.4 Å².